The van der Waals surface area contributed by atoms with Gasteiger partial charge in [0.25, 0.3) is 0 Å². The number of aromatic nitrogens is 1. The highest BCUT2D eigenvalue weighted by atomic mass is 35.5. The molecule has 0 unspecified atom stereocenters. The second kappa shape index (κ2) is 7.96. The maximum atomic E-state index is 12.0. The van der Waals surface area contributed by atoms with Gasteiger partial charge >= 0.3 is 0 Å². The van der Waals surface area contributed by atoms with E-state index in [1.54, 1.807) is 23.0 Å². The molecule has 7 heteroatoms. The lowest BCUT2D eigenvalue weighted by Gasteiger charge is -2.21. The maximum Gasteiger partial charge on any atom is 0.231 e. The fourth-order valence-corrected chi connectivity index (χ4v) is 3.99. The fraction of sp³-hybridized carbons (Fsp3) is 0.353. The van der Waals surface area contributed by atoms with Crippen molar-refractivity contribution in [3.05, 3.63) is 36.7 Å². The van der Waals surface area contributed by atoms with Gasteiger partial charge in [-0.15, -0.1) is 0 Å². The van der Waals surface area contributed by atoms with Crippen LogP contribution < -0.4 is 0 Å². The summed E-state index contributed by atoms with van der Waals surface area (Å²) in [5.74, 6) is -0.182. The van der Waals surface area contributed by atoms with Crippen molar-refractivity contribution in [2.45, 2.75) is 17.7 Å². The third kappa shape index (κ3) is 4.26. The molecule has 5 nitrogen and oxygen atoms in total. The first-order valence-corrected chi connectivity index (χ1v) is 9.00. The van der Waals surface area contributed by atoms with Crippen molar-refractivity contribution < 1.29 is 9.59 Å². The third-order valence-corrected chi connectivity index (χ3v) is 5.28. The first kappa shape index (κ1) is 17.2. The lowest BCUT2D eigenvalue weighted by molar-refractivity contribution is -0.133. The molecule has 1 aliphatic heterocycles. The van der Waals surface area contributed by atoms with Gasteiger partial charge in [0.2, 0.25) is 11.1 Å². The van der Waals surface area contributed by atoms with Gasteiger partial charge in [-0.05, 0) is 47.5 Å². The molecule has 24 heavy (non-hydrogen) atoms. The molecule has 1 aromatic heterocycles. The number of fused-ring (bicyclic) bond motifs is 1. The van der Waals surface area contributed by atoms with Gasteiger partial charge in [-0.3, -0.25) is 14.6 Å². The van der Waals surface area contributed by atoms with E-state index in [0.29, 0.717) is 13.1 Å². The summed E-state index contributed by atoms with van der Waals surface area (Å²) < 4.78 is 2.27. The summed E-state index contributed by atoms with van der Waals surface area (Å²) in [6, 6.07) is 8.22. The number of amides is 1. The molecule has 0 spiro atoms. The van der Waals surface area contributed by atoms with Crippen LogP contribution in [0.3, 0.4) is 0 Å². The average Bonchev–Trinajstić information content (AvgIpc) is 2.80. The third-order valence-electron chi connectivity index (χ3n) is 3.97. The molecule has 1 fully saturated rings. The van der Waals surface area contributed by atoms with Crippen LogP contribution in [0.1, 0.15) is 12.8 Å². The van der Waals surface area contributed by atoms with Crippen LogP contribution in [0.2, 0.25) is 0 Å². The summed E-state index contributed by atoms with van der Waals surface area (Å²) in [4.78, 5) is 30.0. The van der Waals surface area contributed by atoms with Gasteiger partial charge in [0.05, 0.1) is 0 Å². The number of nitrogens with zero attached hydrogens (tertiary/aromatic N) is 3. The number of rotatable bonds is 4. The maximum absolute atomic E-state index is 12.0. The Morgan fingerprint density at radius 3 is 2.88 bits per heavy atom. The predicted octanol–water partition coefficient (Wildman–Crippen LogP) is 2.93. The largest absolute Gasteiger partial charge is 0.341 e. The highest BCUT2D eigenvalue weighted by Crippen LogP contribution is 2.30. The van der Waals surface area contributed by atoms with E-state index in [1.807, 2.05) is 18.3 Å². The van der Waals surface area contributed by atoms with Crippen molar-refractivity contribution in [3.8, 4) is 0 Å². The number of carbonyl (C=O) groups excluding carboxylic acids is 2. The molecule has 2 aromatic rings. The molecule has 0 bridgehead atoms. The van der Waals surface area contributed by atoms with Crippen molar-refractivity contribution >= 4 is 45.5 Å². The molecule has 126 valence electrons. The second-order valence-corrected chi connectivity index (χ2v) is 7.20. The van der Waals surface area contributed by atoms with Gasteiger partial charge in [-0.1, -0.05) is 12.1 Å². The normalized spacial score (nSPS) is 16.1. The first-order chi connectivity index (χ1) is 11.6. The zero-order valence-corrected chi connectivity index (χ0v) is 14.7. The number of benzene rings is 1. The van der Waals surface area contributed by atoms with Gasteiger partial charge in [-0.25, -0.2) is 4.31 Å². The summed E-state index contributed by atoms with van der Waals surface area (Å²) >= 11 is 7.03. The number of carbonyl (C=O) groups is 2. The average molecular weight is 364 g/mol. The Balaban J connectivity index is 1.66. The number of hydrogen-bond acceptors (Lipinski definition) is 5. The number of pyridine rings is 1. The molecular formula is C17H18ClN3O2S. The monoisotopic (exact) mass is 363 g/mol. The summed E-state index contributed by atoms with van der Waals surface area (Å²) in [6.07, 6.45) is 4.33. The molecule has 1 amide bonds. The lowest BCUT2D eigenvalue weighted by atomic mass is 10.2. The smallest absolute Gasteiger partial charge is 0.231 e. The molecule has 0 atom stereocenters. The van der Waals surface area contributed by atoms with Crippen LogP contribution in [0.4, 0.5) is 0 Å². The minimum Gasteiger partial charge on any atom is -0.341 e. The Kier molecular flexibility index (Phi) is 5.71. The minimum absolute atomic E-state index is 0.182. The van der Waals surface area contributed by atoms with Gasteiger partial charge in [-0.2, -0.15) is 0 Å². The molecule has 0 saturated carbocycles. The molecule has 3 rings (SSSR count). The van der Waals surface area contributed by atoms with E-state index in [1.165, 1.54) is 10.3 Å². The van der Waals surface area contributed by atoms with Crippen LogP contribution in [0, 0.1) is 0 Å². The van der Waals surface area contributed by atoms with Gasteiger partial charge < -0.3 is 4.90 Å². The summed E-state index contributed by atoms with van der Waals surface area (Å²) in [5.41, 5.74) is 0. The van der Waals surface area contributed by atoms with E-state index in [2.05, 4.69) is 21.4 Å². The number of hydrogen-bond donors (Lipinski definition) is 0. The van der Waals surface area contributed by atoms with Gasteiger partial charge in [0.15, 0.2) is 0 Å². The topological polar surface area (TPSA) is 53.5 Å². The Hall–Kier alpha value is -1.63. The number of halogens is 1. The summed E-state index contributed by atoms with van der Waals surface area (Å²) in [7, 11) is 0. The Labute approximate surface area is 150 Å². The molecule has 0 aliphatic carbocycles. The zero-order valence-electron chi connectivity index (χ0n) is 13.2. The van der Waals surface area contributed by atoms with E-state index in [4.69, 9.17) is 11.6 Å². The van der Waals surface area contributed by atoms with Crippen LogP contribution in [0.15, 0.2) is 41.6 Å². The second-order valence-electron chi connectivity index (χ2n) is 5.64. The molecular weight excluding hydrogens is 346 g/mol. The summed E-state index contributed by atoms with van der Waals surface area (Å²) in [5, 5.41) is 1.71. The van der Waals surface area contributed by atoms with Crippen LogP contribution in [0.25, 0.3) is 10.8 Å². The van der Waals surface area contributed by atoms with Crippen molar-refractivity contribution in [1.29, 1.82) is 0 Å². The van der Waals surface area contributed by atoms with Crippen molar-refractivity contribution in [2.24, 2.45) is 0 Å². The summed E-state index contributed by atoms with van der Waals surface area (Å²) in [6.45, 7) is 2.93. The molecule has 1 saturated heterocycles. The Bertz CT molecular complexity index is 750. The molecule has 0 N–H and O–H groups in total. The highest BCUT2D eigenvalue weighted by molar-refractivity contribution is 7.97. The minimum atomic E-state index is -0.597. The van der Waals surface area contributed by atoms with Crippen LogP contribution in [-0.2, 0) is 9.59 Å². The lowest BCUT2D eigenvalue weighted by Crippen LogP contribution is -2.34. The highest BCUT2D eigenvalue weighted by Gasteiger charge is 2.21. The van der Waals surface area contributed by atoms with E-state index >= 15 is 0 Å². The van der Waals surface area contributed by atoms with Crippen molar-refractivity contribution in [3.63, 3.8) is 0 Å². The van der Waals surface area contributed by atoms with E-state index < -0.39 is 5.24 Å². The Morgan fingerprint density at radius 2 is 2.04 bits per heavy atom. The van der Waals surface area contributed by atoms with Crippen molar-refractivity contribution in [1.82, 2.24) is 14.2 Å². The van der Waals surface area contributed by atoms with Crippen molar-refractivity contribution in [2.75, 3.05) is 26.2 Å². The quantitative estimate of drug-likeness (QED) is 0.475. The first-order valence-electron chi connectivity index (χ1n) is 7.85. The zero-order chi connectivity index (χ0) is 16.9. The van der Waals surface area contributed by atoms with E-state index in [-0.39, 0.29) is 12.3 Å². The Morgan fingerprint density at radius 1 is 1.17 bits per heavy atom. The standard InChI is InChI=1S/C17H18ClN3O2S/c18-16(22)11-17(23)20-7-2-8-21(10-9-20)24-15-4-1-3-13-12-19-6-5-14(13)15/h1,3-6,12H,2,7-11H2. The van der Waals surface area contributed by atoms with E-state index in [0.717, 1.165) is 24.9 Å². The molecule has 1 aromatic carbocycles. The molecule has 1 aliphatic rings. The molecule has 0 radical (unpaired) electrons. The molecule has 2 heterocycles. The SMILES string of the molecule is O=C(Cl)CC(=O)N1CCCN(Sc2cccc3cnccc23)CC1. The van der Waals surface area contributed by atoms with Gasteiger partial charge in [0.1, 0.15) is 6.42 Å². The van der Waals surface area contributed by atoms with Crippen LogP contribution in [-0.4, -0.2) is 51.5 Å². The van der Waals surface area contributed by atoms with Gasteiger partial charge in [0, 0.05) is 48.9 Å². The van der Waals surface area contributed by atoms with Crippen LogP contribution >= 0.6 is 23.5 Å². The predicted molar refractivity (Wildman–Crippen MR) is 95.8 cm³/mol. The van der Waals surface area contributed by atoms with E-state index in [9.17, 15) is 9.59 Å². The van der Waals surface area contributed by atoms with Crippen LogP contribution in [0.5, 0.6) is 0 Å². The fourth-order valence-electron chi connectivity index (χ4n) is 2.78.